The molecule has 2 aliphatic rings. The van der Waals surface area contributed by atoms with Crippen LogP contribution in [0.4, 0.5) is 11.4 Å². The number of halogens is 1. The Labute approximate surface area is 193 Å². The quantitative estimate of drug-likeness (QED) is 0.635. The lowest BCUT2D eigenvalue weighted by atomic mass is 10.2. The summed E-state index contributed by atoms with van der Waals surface area (Å²) in [5.74, 6) is 1.48. The molecule has 8 heteroatoms. The molecule has 168 valence electrons. The van der Waals surface area contributed by atoms with E-state index in [1.165, 1.54) is 4.90 Å². The number of aliphatic hydroxyl groups is 1. The maximum Gasteiger partial charge on any atom is 0.162 e. The molecule has 2 aliphatic heterocycles. The van der Waals surface area contributed by atoms with Gasteiger partial charge in [-0.2, -0.15) is 0 Å². The maximum absolute atomic E-state index is 9.13. The number of aliphatic hydroxyl groups excluding tert-OH is 1. The number of hydrogen-bond acceptors (Lipinski definition) is 7. The lowest BCUT2D eigenvalue weighted by Crippen LogP contribution is -2.47. The Morgan fingerprint density at radius 2 is 1.52 bits per heavy atom. The molecule has 0 bridgehead atoms. The highest BCUT2D eigenvalue weighted by molar-refractivity contribution is 7.99. The molecule has 0 unspecified atom stereocenters. The van der Waals surface area contributed by atoms with Gasteiger partial charge in [-0.05, 0) is 31.2 Å². The summed E-state index contributed by atoms with van der Waals surface area (Å²) in [5, 5.41) is 9.88. The van der Waals surface area contributed by atoms with Crippen LogP contribution < -0.4 is 14.4 Å². The molecule has 6 nitrogen and oxygen atoms in total. The number of benzene rings is 2. The van der Waals surface area contributed by atoms with Crippen LogP contribution in [0.2, 0.25) is 5.02 Å². The number of β-amino-alcohol motifs (C(OH)–C–C–N with tert-alkyl or cyclic N) is 1. The second-order valence-electron chi connectivity index (χ2n) is 7.80. The summed E-state index contributed by atoms with van der Waals surface area (Å²) in [4.78, 5) is 9.55. The van der Waals surface area contributed by atoms with Crippen molar-refractivity contribution in [2.45, 2.75) is 16.2 Å². The molecule has 0 aliphatic carbocycles. The molecule has 0 amide bonds. The van der Waals surface area contributed by atoms with Gasteiger partial charge in [-0.25, -0.2) is 0 Å². The largest absolute Gasteiger partial charge is 0.493 e. The van der Waals surface area contributed by atoms with Gasteiger partial charge in [0.15, 0.2) is 11.5 Å². The van der Waals surface area contributed by atoms with Crippen LogP contribution in [0.15, 0.2) is 40.1 Å². The molecule has 0 saturated carbocycles. The van der Waals surface area contributed by atoms with E-state index in [2.05, 4.69) is 39.0 Å². The molecule has 2 aromatic rings. The summed E-state index contributed by atoms with van der Waals surface area (Å²) >= 11 is 8.10. The minimum absolute atomic E-state index is 0.239. The fraction of sp³-hybridized carbons (Fsp3) is 0.478. The smallest absolute Gasteiger partial charge is 0.162 e. The van der Waals surface area contributed by atoms with Crippen LogP contribution in [0.5, 0.6) is 11.5 Å². The molecule has 1 fully saturated rings. The van der Waals surface area contributed by atoms with E-state index in [9.17, 15) is 0 Å². The lowest BCUT2D eigenvalue weighted by Gasteiger charge is -2.36. The van der Waals surface area contributed by atoms with Gasteiger partial charge in [-0.1, -0.05) is 23.4 Å². The van der Waals surface area contributed by atoms with Gasteiger partial charge in [0.05, 0.1) is 32.2 Å². The van der Waals surface area contributed by atoms with Gasteiger partial charge < -0.3 is 24.4 Å². The van der Waals surface area contributed by atoms with Gasteiger partial charge in [-0.3, -0.25) is 4.90 Å². The molecule has 0 spiro atoms. The number of hydrogen-bond donors (Lipinski definition) is 1. The summed E-state index contributed by atoms with van der Waals surface area (Å²) < 4.78 is 11.1. The molecule has 0 radical (unpaired) electrons. The number of fused-ring (bicyclic) bond motifs is 2. The number of anilines is 2. The Bertz CT molecular complexity index is 906. The van der Waals surface area contributed by atoms with Crippen LogP contribution in [0, 0.1) is 0 Å². The summed E-state index contributed by atoms with van der Waals surface area (Å²) in [6.07, 6.45) is 1.05. The number of nitrogens with zero attached hydrogens (tertiary/aromatic N) is 3. The third-order valence-electron chi connectivity index (χ3n) is 5.92. The van der Waals surface area contributed by atoms with Gasteiger partial charge in [0.1, 0.15) is 0 Å². The zero-order valence-electron chi connectivity index (χ0n) is 18.1. The normalized spacial score (nSPS) is 16.7. The number of ether oxygens (including phenoxy) is 2. The zero-order valence-corrected chi connectivity index (χ0v) is 19.7. The van der Waals surface area contributed by atoms with Crippen LogP contribution in [0.25, 0.3) is 0 Å². The number of methoxy groups -OCH3 is 2. The van der Waals surface area contributed by atoms with Gasteiger partial charge in [0, 0.05) is 66.2 Å². The average molecular weight is 464 g/mol. The van der Waals surface area contributed by atoms with Crippen molar-refractivity contribution in [3.63, 3.8) is 0 Å². The van der Waals surface area contributed by atoms with Gasteiger partial charge in [0.25, 0.3) is 0 Å². The number of piperazine rings is 1. The Morgan fingerprint density at radius 3 is 2.19 bits per heavy atom. The minimum Gasteiger partial charge on any atom is -0.493 e. The van der Waals surface area contributed by atoms with Crippen molar-refractivity contribution in [2.24, 2.45) is 0 Å². The van der Waals surface area contributed by atoms with Crippen LogP contribution in [-0.2, 0) is 0 Å². The van der Waals surface area contributed by atoms with Crippen molar-refractivity contribution in [1.82, 2.24) is 9.80 Å². The van der Waals surface area contributed by atoms with Crippen LogP contribution >= 0.6 is 23.4 Å². The van der Waals surface area contributed by atoms with E-state index in [1.54, 1.807) is 26.0 Å². The Kier molecular flexibility index (Phi) is 7.51. The second-order valence-corrected chi connectivity index (χ2v) is 9.32. The molecule has 31 heavy (non-hydrogen) atoms. The zero-order chi connectivity index (χ0) is 21.8. The third-order valence-corrected chi connectivity index (χ3v) is 7.27. The van der Waals surface area contributed by atoms with E-state index in [0.717, 1.165) is 85.0 Å². The topological polar surface area (TPSA) is 48.4 Å². The first kappa shape index (κ1) is 22.6. The van der Waals surface area contributed by atoms with E-state index in [0.29, 0.717) is 0 Å². The van der Waals surface area contributed by atoms with Crippen molar-refractivity contribution < 1.29 is 14.6 Å². The summed E-state index contributed by atoms with van der Waals surface area (Å²) in [6, 6.07) is 10.2. The average Bonchev–Trinajstić information content (AvgIpc) is 2.79. The highest BCUT2D eigenvalue weighted by Crippen LogP contribution is 2.51. The lowest BCUT2D eigenvalue weighted by molar-refractivity contribution is 0.112. The van der Waals surface area contributed by atoms with Crippen LogP contribution in [-0.4, -0.2) is 81.5 Å². The van der Waals surface area contributed by atoms with Crippen molar-refractivity contribution >= 4 is 34.7 Å². The minimum atomic E-state index is 0.239. The molecule has 1 saturated heterocycles. The summed E-state index contributed by atoms with van der Waals surface area (Å²) in [6.45, 7) is 7.13. The standard InChI is InChI=1S/C23H30ClN3O3S/c1-29-20-15-19-23(16-21(20)30-2)31-22-5-4-17(24)14-18(22)27(19)7-3-6-25-8-10-26(11-9-25)12-13-28/h4-5,14-16,28H,3,6-13H2,1-2H3. The molecule has 4 rings (SSSR count). The Morgan fingerprint density at radius 1 is 0.871 bits per heavy atom. The predicted molar refractivity (Wildman–Crippen MR) is 127 cm³/mol. The number of rotatable bonds is 8. The van der Waals surface area contributed by atoms with Crippen LogP contribution in [0.3, 0.4) is 0 Å². The summed E-state index contributed by atoms with van der Waals surface area (Å²) in [7, 11) is 3.34. The Balaban J connectivity index is 1.51. The SMILES string of the molecule is COc1cc2c(cc1OC)N(CCCN1CCN(CCO)CC1)c1cc(Cl)ccc1S2. The van der Waals surface area contributed by atoms with Gasteiger partial charge in [0.2, 0.25) is 0 Å². The summed E-state index contributed by atoms with van der Waals surface area (Å²) in [5.41, 5.74) is 2.27. The molecule has 2 heterocycles. The molecule has 0 atom stereocenters. The monoisotopic (exact) mass is 463 g/mol. The van der Waals surface area contributed by atoms with Gasteiger partial charge in [-0.15, -0.1) is 0 Å². The van der Waals surface area contributed by atoms with Crippen molar-refractivity contribution in [3.05, 3.63) is 35.4 Å². The van der Waals surface area contributed by atoms with E-state index < -0.39 is 0 Å². The van der Waals surface area contributed by atoms with Crippen LogP contribution in [0.1, 0.15) is 6.42 Å². The van der Waals surface area contributed by atoms with E-state index >= 15 is 0 Å². The maximum atomic E-state index is 9.13. The first-order valence-electron chi connectivity index (χ1n) is 10.7. The van der Waals surface area contributed by atoms with Gasteiger partial charge >= 0.3 is 0 Å². The second kappa shape index (κ2) is 10.3. The highest BCUT2D eigenvalue weighted by atomic mass is 35.5. The van der Waals surface area contributed by atoms with E-state index in [-0.39, 0.29) is 6.61 Å². The molecule has 2 aromatic carbocycles. The Hall–Kier alpha value is -1.64. The first-order valence-corrected chi connectivity index (χ1v) is 11.9. The first-order chi connectivity index (χ1) is 15.1. The molecule has 0 aromatic heterocycles. The van der Waals surface area contributed by atoms with Crippen molar-refractivity contribution in [3.8, 4) is 11.5 Å². The fourth-order valence-corrected chi connectivity index (χ4v) is 5.50. The molecular formula is C23H30ClN3O3S. The molecular weight excluding hydrogens is 434 g/mol. The van der Waals surface area contributed by atoms with E-state index in [1.807, 2.05) is 6.07 Å². The molecule has 1 N–H and O–H groups in total. The van der Waals surface area contributed by atoms with Crippen molar-refractivity contribution in [1.29, 1.82) is 0 Å². The fourth-order valence-electron chi connectivity index (χ4n) is 4.25. The highest BCUT2D eigenvalue weighted by Gasteiger charge is 2.26. The van der Waals surface area contributed by atoms with Crippen molar-refractivity contribution in [2.75, 3.05) is 71.5 Å². The van der Waals surface area contributed by atoms with E-state index in [4.69, 9.17) is 26.2 Å². The predicted octanol–water partition coefficient (Wildman–Crippen LogP) is 3.96. The third kappa shape index (κ3) is 5.07.